The second-order valence-corrected chi connectivity index (χ2v) is 11.0. The number of carbonyl (C=O) groups excluding carboxylic acids is 1. The van der Waals surface area contributed by atoms with Crippen molar-refractivity contribution in [3.05, 3.63) is 62.7 Å². The second-order valence-electron chi connectivity index (χ2n) is 11.0. The molecule has 35 heavy (non-hydrogen) atoms. The van der Waals surface area contributed by atoms with Crippen molar-refractivity contribution in [2.24, 2.45) is 0 Å². The van der Waals surface area contributed by atoms with Gasteiger partial charge in [0.1, 0.15) is 0 Å². The van der Waals surface area contributed by atoms with Crippen molar-refractivity contribution in [1.82, 2.24) is 14.9 Å². The van der Waals surface area contributed by atoms with Crippen LogP contribution in [0.3, 0.4) is 0 Å². The molecule has 1 aromatic carbocycles. The minimum atomic E-state index is -0.589. The van der Waals surface area contributed by atoms with E-state index >= 15 is 0 Å². The summed E-state index contributed by atoms with van der Waals surface area (Å²) >= 11 is 0. The number of amides is 1. The lowest BCUT2D eigenvalue weighted by molar-refractivity contribution is 0.00578. The number of pyridine rings is 1. The molecule has 1 fully saturated rings. The monoisotopic (exact) mass is 477 g/mol. The Balaban J connectivity index is 1.78. The summed E-state index contributed by atoms with van der Waals surface area (Å²) in [6.07, 6.45) is 2.08. The summed E-state index contributed by atoms with van der Waals surface area (Å²) < 4.78 is 14.8. The van der Waals surface area contributed by atoms with E-state index in [1.165, 1.54) is 0 Å². The molecule has 1 saturated heterocycles. The van der Waals surface area contributed by atoms with Crippen LogP contribution in [0.2, 0.25) is 0 Å². The van der Waals surface area contributed by atoms with Crippen molar-refractivity contribution in [3.8, 4) is 0 Å². The van der Waals surface area contributed by atoms with Crippen molar-refractivity contribution >= 4 is 29.4 Å². The van der Waals surface area contributed by atoms with Gasteiger partial charge in [0.2, 0.25) is 0 Å². The van der Waals surface area contributed by atoms with Crippen molar-refractivity contribution < 1.29 is 14.1 Å². The number of carbonyl (C=O) groups is 1. The largest absolute Gasteiger partial charge is 0.494 e. The minimum absolute atomic E-state index is 0.145. The van der Waals surface area contributed by atoms with Gasteiger partial charge in [0, 0.05) is 46.5 Å². The van der Waals surface area contributed by atoms with Gasteiger partial charge in [-0.1, -0.05) is 0 Å². The van der Waals surface area contributed by atoms with Gasteiger partial charge in [0.15, 0.2) is 0 Å². The Kier molecular flexibility index (Phi) is 6.26. The fourth-order valence-corrected chi connectivity index (χ4v) is 4.70. The number of H-pyrrole nitrogens is 1. The fraction of sp³-hybridized carbons (Fsp3) is 0.481. The van der Waals surface area contributed by atoms with E-state index in [1.807, 2.05) is 60.6 Å². The van der Waals surface area contributed by atoms with E-state index in [0.717, 1.165) is 33.2 Å². The molecule has 0 radical (unpaired) electrons. The highest BCUT2D eigenvalue weighted by molar-refractivity contribution is 6.62. The average molecular weight is 477 g/mol. The van der Waals surface area contributed by atoms with Gasteiger partial charge < -0.3 is 24.2 Å². The molecule has 0 saturated carbocycles. The standard InChI is InChI=1S/C27H36BN3O4/c1-15(2)31-14-17(4)23-20(24(32)29-13-21-16(3)10-18(5)30-25(21)33)11-19(12-22(23)31)28-34-26(6,7)27(8,9)35-28/h10-12,14-15H,13H2,1-9H3,(H,29,32)(H,30,33). The summed E-state index contributed by atoms with van der Waals surface area (Å²) in [6.45, 7) is 18.2. The van der Waals surface area contributed by atoms with Crippen LogP contribution in [-0.2, 0) is 15.9 Å². The number of rotatable bonds is 5. The average Bonchev–Trinajstić information content (AvgIpc) is 3.18. The van der Waals surface area contributed by atoms with Crippen LogP contribution in [-0.4, -0.2) is 33.8 Å². The summed E-state index contributed by atoms with van der Waals surface area (Å²) in [5.41, 5.74) is 4.36. The number of aromatic amines is 1. The Morgan fingerprint density at radius 3 is 2.26 bits per heavy atom. The van der Waals surface area contributed by atoms with Crippen molar-refractivity contribution in [2.45, 2.75) is 86.1 Å². The quantitative estimate of drug-likeness (QED) is 0.543. The molecule has 2 aromatic heterocycles. The number of fused-ring (bicyclic) bond motifs is 1. The van der Waals surface area contributed by atoms with Crippen LogP contribution in [0.1, 0.15) is 80.3 Å². The molecular weight excluding hydrogens is 441 g/mol. The molecular formula is C27H36BN3O4. The third-order valence-electron chi connectivity index (χ3n) is 7.39. The topological polar surface area (TPSA) is 85.3 Å². The summed E-state index contributed by atoms with van der Waals surface area (Å²) in [5, 5.41) is 3.87. The van der Waals surface area contributed by atoms with E-state index in [0.29, 0.717) is 11.1 Å². The van der Waals surface area contributed by atoms with Crippen molar-refractivity contribution in [2.75, 3.05) is 0 Å². The number of benzene rings is 1. The SMILES string of the molecule is Cc1cc(C)c(CNC(=O)c2cc(B3OC(C)(C)C(C)(C)O3)cc3c2c(C)cn3C(C)C)c(=O)[nH]1. The smallest absolute Gasteiger partial charge is 0.399 e. The van der Waals surface area contributed by atoms with E-state index in [2.05, 4.69) is 41.0 Å². The minimum Gasteiger partial charge on any atom is -0.399 e. The first-order valence-corrected chi connectivity index (χ1v) is 12.2. The Morgan fingerprint density at radius 2 is 1.69 bits per heavy atom. The molecule has 3 aromatic rings. The van der Waals surface area contributed by atoms with Crippen LogP contribution in [0.4, 0.5) is 0 Å². The van der Waals surface area contributed by atoms with Crippen LogP contribution in [0.5, 0.6) is 0 Å². The molecule has 2 N–H and O–H groups in total. The number of hydrogen-bond acceptors (Lipinski definition) is 4. The van der Waals surface area contributed by atoms with E-state index in [9.17, 15) is 9.59 Å². The molecule has 8 heteroatoms. The summed E-state index contributed by atoms with van der Waals surface area (Å²) in [4.78, 5) is 28.8. The van der Waals surface area contributed by atoms with Gasteiger partial charge in [0.25, 0.3) is 11.5 Å². The summed E-state index contributed by atoms with van der Waals surface area (Å²) in [6, 6.07) is 6.05. The molecule has 0 aliphatic carbocycles. The maximum atomic E-state index is 13.6. The number of nitrogens with one attached hydrogen (secondary N) is 2. The summed E-state index contributed by atoms with van der Waals surface area (Å²) in [7, 11) is -0.589. The normalized spacial score (nSPS) is 16.9. The predicted molar refractivity (Wildman–Crippen MR) is 140 cm³/mol. The first-order chi connectivity index (χ1) is 16.2. The molecule has 186 valence electrons. The first kappa shape index (κ1) is 25.3. The van der Waals surface area contributed by atoms with Gasteiger partial charge in [-0.25, -0.2) is 0 Å². The maximum Gasteiger partial charge on any atom is 0.494 e. The summed E-state index contributed by atoms with van der Waals surface area (Å²) in [5.74, 6) is -0.239. The Hall–Kier alpha value is -2.84. The predicted octanol–water partition coefficient (Wildman–Crippen LogP) is 4.06. The molecule has 4 rings (SSSR count). The molecule has 3 heterocycles. The van der Waals surface area contributed by atoms with Crippen molar-refractivity contribution in [3.63, 3.8) is 0 Å². The zero-order chi connectivity index (χ0) is 25.9. The number of hydrogen-bond donors (Lipinski definition) is 2. The number of aromatic nitrogens is 2. The van der Waals surface area contributed by atoms with E-state index in [4.69, 9.17) is 9.31 Å². The van der Waals surface area contributed by atoms with Gasteiger partial charge in [-0.15, -0.1) is 0 Å². The number of aryl methyl sites for hydroxylation is 3. The Labute approximate surface area is 207 Å². The van der Waals surface area contributed by atoms with E-state index in [1.54, 1.807) is 0 Å². The van der Waals surface area contributed by atoms with Crippen LogP contribution in [0.25, 0.3) is 10.9 Å². The van der Waals surface area contributed by atoms with Gasteiger partial charge >= 0.3 is 7.12 Å². The third kappa shape index (κ3) is 4.45. The highest BCUT2D eigenvalue weighted by atomic mass is 16.7. The van der Waals surface area contributed by atoms with Gasteiger partial charge in [-0.05, 0) is 97.1 Å². The van der Waals surface area contributed by atoms with Crippen LogP contribution >= 0.6 is 0 Å². The van der Waals surface area contributed by atoms with Crippen molar-refractivity contribution in [1.29, 1.82) is 0 Å². The molecule has 1 aliphatic heterocycles. The van der Waals surface area contributed by atoms with E-state index < -0.39 is 18.3 Å². The lowest BCUT2D eigenvalue weighted by Gasteiger charge is -2.32. The van der Waals surface area contributed by atoms with Gasteiger partial charge in [-0.3, -0.25) is 9.59 Å². The Morgan fingerprint density at radius 1 is 1.06 bits per heavy atom. The molecule has 0 unspecified atom stereocenters. The van der Waals surface area contributed by atoms with Crippen LogP contribution in [0.15, 0.2) is 29.2 Å². The lowest BCUT2D eigenvalue weighted by atomic mass is 9.77. The second kappa shape index (κ2) is 8.68. The molecule has 7 nitrogen and oxygen atoms in total. The highest BCUT2D eigenvalue weighted by Gasteiger charge is 2.52. The molecule has 0 bridgehead atoms. The molecule has 0 atom stereocenters. The Bertz CT molecular complexity index is 1350. The fourth-order valence-electron chi connectivity index (χ4n) is 4.70. The van der Waals surface area contributed by atoms with Crippen LogP contribution < -0.4 is 16.3 Å². The first-order valence-electron chi connectivity index (χ1n) is 12.2. The van der Waals surface area contributed by atoms with E-state index in [-0.39, 0.29) is 24.1 Å². The molecule has 0 spiro atoms. The third-order valence-corrected chi connectivity index (χ3v) is 7.39. The van der Waals surface area contributed by atoms with Gasteiger partial charge in [0.05, 0.1) is 11.2 Å². The molecule has 1 aliphatic rings. The molecule has 1 amide bonds. The zero-order valence-corrected chi connectivity index (χ0v) is 22.3. The maximum absolute atomic E-state index is 13.6. The van der Waals surface area contributed by atoms with Gasteiger partial charge in [-0.2, -0.15) is 0 Å². The highest BCUT2D eigenvalue weighted by Crippen LogP contribution is 2.37. The number of nitrogens with zero attached hydrogens (tertiary/aromatic N) is 1. The lowest BCUT2D eigenvalue weighted by Crippen LogP contribution is -2.41. The zero-order valence-electron chi connectivity index (χ0n) is 22.3. The van der Waals surface area contributed by atoms with Crippen LogP contribution in [0, 0.1) is 20.8 Å².